The molecule has 0 atom stereocenters. The molecule has 0 radical (unpaired) electrons. The summed E-state index contributed by atoms with van der Waals surface area (Å²) >= 11 is 5.91. The average Bonchev–Trinajstić information content (AvgIpc) is 2.45. The third kappa shape index (κ3) is 2.39. The lowest BCUT2D eigenvalue weighted by molar-refractivity contribution is -0.118. The lowest BCUT2D eigenvalue weighted by Crippen LogP contribution is -2.33. The van der Waals surface area contributed by atoms with E-state index in [1.165, 1.54) is 19.3 Å². The smallest absolute Gasteiger partial charge is 0.228 e. The van der Waals surface area contributed by atoms with E-state index in [-0.39, 0.29) is 11.2 Å². The second kappa shape index (κ2) is 4.96. The Balaban J connectivity index is 1.94. The van der Waals surface area contributed by atoms with E-state index in [9.17, 15) is 4.79 Å². The first-order valence-electron chi connectivity index (χ1n) is 6.69. The number of rotatable bonds is 2. The lowest BCUT2D eigenvalue weighted by atomic mass is 9.85. The highest BCUT2D eigenvalue weighted by Crippen LogP contribution is 2.34. The van der Waals surface area contributed by atoms with Crippen molar-refractivity contribution in [3.05, 3.63) is 11.5 Å². The number of halogens is 1. The standard InChI is InChI=1S/C13H17ClN4O/c1-17-10-7-15-13(14)16-12(10)18(6-5-11(17)19)8-9-3-2-4-9/h7,9H,2-6,8H2,1H3. The molecule has 6 heteroatoms. The van der Waals surface area contributed by atoms with Crippen molar-refractivity contribution < 1.29 is 4.79 Å². The van der Waals surface area contributed by atoms with Gasteiger partial charge in [0.1, 0.15) is 5.69 Å². The summed E-state index contributed by atoms with van der Waals surface area (Å²) in [5, 5.41) is 0.236. The number of carbonyl (C=O) groups is 1. The molecule has 0 unspecified atom stereocenters. The van der Waals surface area contributed by atoms with Gasteiger partial charge in [-0.25, -0.2) is 4.98 Å². The van der Waals surface area contributed by atoms with Gasteiger partial charge in [0, 0.05) is 26.6 Å². The minimum Gasteiger partial charge on any atom is -0.354 e. The summed E-state index contributed by atoms with van der Waals surface area (Å²) in [6.45, 7) is 1.67. The zero-order chi connectivity index (χ0) is 13.4. The van der Waals surface area contributed by atoms with E-state index < -0.39 is 0 Å². The number of hydrogen-bond donors (Lipinski definition) is 0. The predicted molar refractivity (Wildman–Crippen MR) is 74.6 cm³/mol. The van der Waals surface area contributed by atoms with Gasteiger partial charge < -0.3 is 9.80 Å². The molecule has 1 fully saturated rings. The molecule has 1 aliphatic carbocycles. The fourth-order valence-corrected chi connectivity index (χ4v) is 2.75. The fraction of sp³-hybridized carbons (Fsp3) is 0.615. The zero-order valence-electron chi connectivity index (χ0n) is 11.0. The van der Waals surface area contributed by atoms with Crippen molar-refractivity contribution >= 4 is 29.0 Å². The SMILES string of the molecule is CN1C(=O)CCN(CC2CCC2)c2nc(Cl)ncc21. The molecule has 2 heterocycles. The van der Waals surface area contributed by atoms with Gasteiger partial charge >= 0.3 is 0 Å². The van der Waals surface area contributed by atoms with Crippen molar-refractivity contribution in [3.63, 3.8) is 0 Å². The molecule has 0 aromatic carbocycles. The Morgan fingerprint density at radius 2 is 2.26 bits per heavy atom. The van der Waals surface area contributed by atoms with E-state index in [0.29, 0.717) is 13.0 Å². The largest absolute Gasteiger partial charge is 0.354 e. The molecule has 19 heavy (non-hydrogen) atoms. The van der Waals surface area contributed by atoms with E-state index in [1.807, 2.05) is 0 Å². The van der Waals surface area contributed by atoms with Gasteiger partial charge in [-0.15, -0.1) is 0 Å². The number of aromatic nitrogens is 2. The Labute approximate surface area is 117 Å². The van der Waals surface area contributed by atoms with Gasteiger partial charge in [0.2, 0.25) is 11.2 Å². The van der Waals surface area contributed by atoms with Crippen molar-refractivity contribution in [1.82, 2.24) is 9.97 Å². The lowest BCUT2D eigenvalue weighted by Gasteiger charge is -2.32. The highest BCUT2D eigenvalue weighted by molar-refractivity contribution is 6.28. The van der Waals surface area contributed by atoms with Crippen LogP contribution in [0.4, 0.5) is 11.5 Å². The number of anilines is 2. The van der Waals surface area contributed by atoms with Crippen LogP contribution in [0.1, 0.15) is 25.7 Å². The molecule has 1 aliphatic heterocycles. The summed E-state index contributed by atoms with van der Waals surface area (Å²) in [7, 11) is 1.77. The molecule has 2 aliphatic rings. The fourth-order valence-electron chi connectivity index (χ4n) is 2.62. The summed E-state index contributed by atoms with van der Waals surface area (Å²) in [5.41, 5.74) is 0.756. The van der Waals surface area contributed by atoms with Crippen LogP contribution in [0.5, 0.6) is 0 Å². The highest BCUT2D eigenvalue weighted by Gasteiger charge is 2.28. The van der Waals surface area contributed by atoms with Gasteiger partial charge in [-0.05, 0) is 30.4 Å². The molecular formula is C13H17ClN4O. The molecule has 0 spiro atoms. The maximum Gasteiger partial charge on any atom is 0.228 e. The molecule has 0 N–H and O–H groups in total. The third-order valence-electron chi connectivity index (χ3n) is 4.05. The number of carbonyl (C=O) groups excluding carboxylic acids is 1. The molecular weight excluding hydrogens is 264 g/mol. The highest BCUT2D eigenvalue weighted by atomic mass is 35.5. The second-order valence-corrected chi connectivity index (χ2v) is 5.63. The molecule has 1 amide bonds. The van der Waals surface area contributed by atoms with Crippen molar-refractivity contribution in [1.29, 1.82) is 0 Å². The van der Waals surface area contributed by atoms with Crippen molar-refractivity contribution in [3.8, 4) is 0 Å². The van der Waals surface area contributed by atoms with Crippen LogP contribution in [-0.4, -0.2) is 36.0 Å². The number of fused-ring (bicyclic) bond motifs is 1. The number of nitrogens with zero attached hydrogens (tertiary/aromatic N) is 4. The number of hydrogen-bond acceptors (Lipinski definition) is 4. The van der Waals surface area contributed by atoms with Crippen LogP contribution in [0.25, 0.3) is 0 Å². The topological polar surface area (TPSA) is 49.3 Å². The Kier molecular flexibility index (Phi) is 3.31. The summed E-state index contributed by atoms with van der Waals surface area (Å²) in [6, 6.07) is 0. The van der Waals surface area contributed by atoms with E-state index in [1.54, 1.807) is 18.1 Å². The van der Waals surface area contributed by atoms with Crippen molar-refractivity contribution in [2.45, 2.75) is 25.7 Å². The molecule has 1 aromatic rings. The second-order valence-electron chi connectivity index (χ2n) is 5.29. The van der Waals surface area contributed by atoms with E-state index in [4.69, 9.17) is 11.6 Å². The maximum absolute atomic E-state index is 12.0. The minimum atomic E-state index is 0.100. The third-order valence-corrected chi connectivity index (χ3v) is 4.24. The van der Waals surface area contributed by atoms with E-state index in [2.05, 4.69) is 14.9 Å². The van der Waals surface area contributed by atoms with Gasteiger partial charge in [0.25, 0.3) is 0 Å². The van der Waals surface area contributed by atoms with Crippen LogP contribution in [0.3, 0.4) is 0 Å². The quantitative estimate of drug-likeness (QED) is 0.779. The maximum atomic E-state index is 12.0. The van der Waals surface area contributed by atoms with Crippen LogP contribution in [0.15, 0.2) is 6.20 Å². The Hall–Kier alpha value is -1.36. The van der Waals surface area contributed by atoms with Crippen LogP contribution >= 0.6 is 11.6 Å². The summed E-state index contributed by atoms with van der Waals surface area (Å²) < 4.78 is 0. The molecule has 0 bridgehead atoms. The summed E-state index contributed by atoms with van der Waals surface area (Å²) in [4.78, 5) is 24.1. The first-order valence-corrected chi connectivity index (χ1v) is 7.07. The van der Waals surface area contributed by atoms with Crippen LogP contribution in [0, 0.1) is 5.92 Å². The predicted octanol–water partition coefficient (Wildman–Crippen LogP) is 2.10. The first kappa shape index (κ1) is 12.7. The molecule has 3 rings (SSSR count). The molecule has 1 saturated carbocycles. The van der Waals surface area contributed by atoms with Gasteiger partial charge in [-0.1, -0.05) is 6.42 Å². The van der Waals surface area contributed by atoms with E-state index in [0.717, 1.165) is 24.0 Å². The van der Waals surface area contributed by atoms with Crippen molar-refractivity contribution in [2.24, 2.45) is 5.92 Å². The van der Waals surface area contributed by atoms with Gasteiger partial charge in [-0.2, -0.15) is 4.98 Å². The van der Waals surface area contributed by atoms with Crippen LogP contribution in [0.2, 0.25) is 5.28 Å². The van der Waals surface area contributed by atoms with Crippen LogP contribution < -0.4 is 9.80 Å². The summed E-state index contributed by atoms with van der Waals surface area (Å²) in [5.74, 6) is 1.61. The average molecular weight is 281 g/mol. The van der Waals surface area contributed by atoms with Gasteiger partial charge in [0.05, 0.1) is 6.20 Å². The van der Waals surface area contributed by atoms with Gasteiger partial charge in [0.15, 0.2) is 5.82 Å². The molecule has 102 valence electrons. The zero-order valence-corrected chi connectivity index (χ0v) is 11.7. The van der Waals surface area contributed by atoms with Crippen LogP contribution in [-0.2, 0) is 4.79 Å². The van der Waals surface area contributed by atoms with Crippen molar-refractivity contribution in [2.75, 3.05) is 29.9 Å². The monoisotopic (exact) mass is 280 g/mol. The minimum absolute atomic E-state index is 0.100. The molecule has 5 nitrogen and oxygen atoms in total. The first-order chi connectivity index (χ1) is 9.15. The number of amides is 1. The Bertz CT molecular complexity index is 503. The molecule has 0 saturated heterocycles. The normalized spacial score (nSPS) is 20.0. The Morgan fingerprint density at radius 1 is 1.47 bits per heavy atom. The van der Waals surface area contributed by atoms with Gasteiger partial charge in [-0.3, -0.25) is 4.79 Å². The summed E-state index contributed by atoms with van der Waals surface area (Å²) in [6.07, 6.45) is 6.01. The molecule has 1 aromatic heterocycles. The Morgan fingerprint density at radius 3 is 2.95 bits per heavy atom. The van der Waals surface area contributed by atoms with E-state index >= 15 is 0 Å².